The minimum absolute atomic E-state index is 0.767. The molecule has 0 radical (unpaired) electrons. The molecule has 0 aromatic rings. The van der Waals surface area contributed by atoms with Crippen molar-refractivity contribution in [3.63, 3.8) is 0 Å². The van der Waals surface area contributed by atoms with E-state index in [1.807, 2.05) is 0 Å². The summed E-state index contributed by atoms with van der Waals surface area (Å²) >= 11 is 0. The number of ketones is 1. The average molecular weight is 181 g/mol. The van der Waals surface area contributed by atoms with Crippen LogP contribution in [0.5, 0.6) is 0 Å². The summed E-state index contributed by atoms with van der Waals surface area (Å²) in [6.45, 7) is -1.69. The number of hydrogen-bond acceptors (Lipinski definition) is 6. The molecule has 0 aliphatic carbocycles. The Balaban J connectivity index is 4.08. The van der Waals surface area contributed by atoms with E-state index in [9.17, 15) is 4.79 Å². The van der Waals surface area contributed by atoms with Gasteiger partial charge >= 0.3 is 0 Å². The third kappa shape index (κ3) is 2.84. The van der Waals surface area contributed by atoms with E-state index in [1.54, 1.807) is 0 Å². The number of hydrogen-bond donors (Lipinski definition) is 5. The van der Waals surface area contributed by atoms with E-state index >= 15 is 0 Å². The lowest BCUT2D eigenvalue weighted by Crippen LogP contribution is -2.44. The Morgan fingerprint density at radius 3 is 2.00 bits per heavy atom. The van der Waals surface area contributed by atoms with Crippen molar-refractivity contribution in [2.45, 2.75) is 18.3 Å². The second-order valence-electron chi connectivity index (χ2n) is 2.31. The molecule has 0 heterocycles. The Bertz CT molecular complexity index is 147. The Labute approximate surface area is 68.7 Å². The molecule has 0 amide bonds. The molecule has 0 spiro atoms. The van der Waals surface area contributed by atoms with Crippen LogP contribution in [0.1, 0.15) is 0 Å². The van der Waals surface area contributed by atoms with Gasteiger partial charge in [0.15, 0.2) is 5.78 Å². The predicted octanol–water partition coefficient (Wildman–Crippen LogP) is -3.38. The number of carbonyl (C=O) groups is 1. The minimum Gasteiger partial charge on any atom is -0.394 e. The van der Waals surface area contributed by atoms with Crippen LogP contribution in [-0.2, 0) is 4.79 Å². The minimum atomic E-state index is -1.86. The number of carbonyl (C=O) groups excluding carboxylic acids is 1. The lowest BCUT2D eigenvalue weighted by Gasteiger charge is -2.19. The third-order valence-electron chi connectivity index (χ3n) is 1.39. The van der Waals surface area contributed by atoms with Crippen molar-refractivity contribution < 1.29 is 30.3 Å². The van der Waals surface area contributed by atoms with Crippen molar-refractivity contribution in [2.24, 2.45) is 0 Å². The van der Waals surface area contributed by atoms with Gasteiger partial charge in [0.2, 0.25) is 0 Å². The molecule has 0 bridgehead atoms. The van der Waals surface area contributed by atoms with Crippen molar-refractivity contribution in [1.29, 1.82) is 0 Å². The van der Waals surface area contributed by atoms with Gasteiger partial charge in [-0.15, -0.1) is 0 Å². The van der Waals surface area contributed by atoms with E-state index in [-0.39, 0.29) is 0 Å². The summed E-state index contributed by atoms with van der Waals surface area (Å²) in [5, 5.41) is 43.1. The Hall–Kier alpha value is -0.530. The summed E-state index contributed by atoms with van der Waals surface area (Å²) in [5.41, 5.74) is 0. The van der Waals surface area contributed by atoms with Gasteiger partial charge in [0, 0.05) is 0 Å². The molecule has 0 aliphatic heterocycles. The van der Waals surface area contributed by atoms with Gasteiger partial charge in [-0.25, -0.2) is 0 Å². The Kier molecular flexibility index (Phi) is 4.95. The van der Waals surface area contributed by atoms with Crippen LogP contribution in [0.3, 0.4) is 0 Å². The zero-order valence-electron chi connectivity index (χ0n) is 6.29. The third-order valence-corrected chi connectivity index (χ3v) is 1.39. The molecule has 3 atom stereocenters. The highest BCUT2D eigenvalue weighted by Crippen LogP contribution is 2.00. The quantitative estimate of drug-likeness (QED) is 0.282. The van der Waals surface area contributed by atoms with E-state index in [0.29, 0.717) is 0 Å². The van der Waals surface area contributed by atoms with Crippen LogP contribution in [0.4, 0.5) is 0 Å². The van der Waals surface area contributed by atoms with E-state index in [0.717, 1.165) is 0 Å². The smallest absolute Gasteiger partial charge is 0.189 e. The maximum Gasteiger partial charge on any atom is 0.189 e. The van der Waals surface area contributed by atoms with E-state index in [4.69, 9.17) is 25.5 Å². The zero-order chi connectivity index (χ0) is 9.72. The molecule has 6 nitrogen and oxygen atoms in total. The van der Waals surface area contributed by atoms with Crippen LogP contribution in [0.2, 0.25) is 0 Å². The molecule has 0 rings (SSSR count). The normalized spacial score (nSPS) is 18.4. The molecule has 0 aromatic heterocycles. The van der Waals surface area contributed by atoms with Crippen LogP contribution in [0.25, 0.3) is 0 Å². The maximum absolute atomic E-state index is 10.5. The summed E-state index contributed by atoms with van der Waals surface area (Å²) in [4.78, 5) is 10.5. The Morgan fingerprint density at radius 1 is 1.17 bits per heavy atom. The molecular weight excluding hydrogens is 169 g/mol. The molecule has 0 saturated carbocycles. The number of rotatable bonds is 5. The van der Waals surface area contributed by atoms with Gasteiger partial charge in [-0.2, -0.15) is 0 Å². The molecule has 0 saturated heterocycles. The highest BCUT2D eigenvalue weighted by Gasteiger charge is 2.28. The lowest BCUT2D eigenvalue weighted by atomic mass is 10.1. The van der Waals surface area contributed by atoms with Crippen molar-refractivity contribution in [2.75, 3.05) is 13.2 Å². The Morgan fingerprint density at radius 2 is 1.67 bits per heavy atom. The number of aliphatic hydroxyl groups excluding tert-OH is 5. The van der Waals surface area contributed by atoms with E-state index < -0.39 is 37.3 Å². The first kappa shape index (κ1) is 11.5. The standard InChI is InChI=1S/C6H12O6/c7-1-3(9)5(11)6(12)4(10)2-8/h3,5-9,11-12H,1-2H2/t3-,5+,6+/m0/s1/i1+1. The summed E-state index contributed by atoms with van der Waals surface area (Å²) < 4.78 is 0. The van der Waals surface area contributed by atoms with E-state index in [1.165, 1.54) is 0 Å². The maximum atomic E-state index is 10.5. The fraction of sp³-hybridized carbons (Fsp3) is 0.833. The first-order valence-corrected chi connectivity index (χ1v) is 3.33. The monoisotopic (exact) mass is 181 g/mol. The number of Topliss-reactive ketones (excluding diaryl/α,β-unsaturated/α-hetero) is 1. The summed E-state index contributed by atoms with van der Waals surface area (Å²) in [5.74, 6) is -1.00. The first-order valence-electron chi connectivity index (χ1n) is 3.33. The number of aliphatic hydroxyl groups is 5. The fourth-order valence-electron chi connectivity index (χ4n) is 0.602. The lowest BCUT2D eigenvalue weighted by molar-refractivity contribution is -0.142. The van der Waals surface area contributed by atoms with E-state index in [2.05, 4.69) is 0 Å². The second kappa shape index (κ2) is 5.18. The van der Waals surface area contributed by atoms with Crippen LogP contribution in [0, 0.1) is 0 Å². The highest BCUT2D eigenvalue weighted by molar-refractivity contribution is 5.84. The molecule has 12 heavy (non-hydrogen) atoms. The fourth-order valence-corrected chi connectivity index (χ4v) is 0.602. The summed E-state index contributed by atoms with van der Waals surface area (Å²) in [6, 6.07) is 0. The molecule has 0 aromatic carbocycles. The van der Waals surface area contributed by atoms with Gasteiger partial charge in [0.05, 0.1) is 6.61 Å². The molecule has 0 unspecified atom stereocenters. The topological polar surface area (TPSA) is 118 Å². The van der Waals surface area contributed by atoms with Crippen molar-refractivity contribution in [3.05, 3.63) is 0 Å². The largest absolute Gasteiger partial charge is 0.394 e. The van der Waals surface area contributed by atoms with Crippen LogP contribution in [0.15, 0.2) is 0 Å². The van der Waals surface area contributed by atoms with Crippen LogP contribution < -0.4 is 0 Å². The van der Waals surface area contributed by atoms with Gasteiger partial charge in [-0.1, -0.05) is 0 Å². The average Bonchev–Trinajstić information content (AvgIpc) is 2.12. The molecule has 0 aliphatic rings. The van der Waals surface area contributed by atoms with Crippen LogP contribution in [-0.4, -0.2) is 62.8 Å². The van der Waals surface area contributed by atoms with Crippen molar-refractivity contribution >= 4 is 5.78 Å². The van der Waals surface area contributed by atoms with Crippen molar-refractivity contribution in [3.8, 4) is 0 Å². The van der Waals surface area contributed by atoms with Crippen molar-refractivity contribution in [1.82, 2.24) is 0 Å². The molecule has 0 fully saturated rings. The highest BCUT2D eigenvalue weighted by atomic mass is 16.4. The SMILES string of the molecule is O=C(CO)[C@@H](O)[C@H](O)[C@@H](O)[13CH2]O. The predicted molar refractivity (Wildman–Crippen MR) is 37.2 cm³/mol. The zero-order valence-corrected chi connectivity index (χ0v) is 6.29. The van der Waals surface area contributed by atoms with Crippen LogP contribution >= 0.6 is 0 Å². The van der Waals surface area contributed by atoms with Gasteiger partial charge < -0.3 is 25.5 Å². The second-order valence-corrected chi connectivity index (χ2v) is 2.31. The molecule has 6 heteroatoms. The molecule has 72 valence electrons. The van der Waals surface area contributed by atoms with Gasteiger partial charge in [0.25, 0.3) is 0 Å². The first-order chi connectivity index (χ1) is 5.54. The molecule has 5 N–H and O–H groups in total. The summed E-state index contributed by atoms with van der Waals surface area (Å²) in [7, 11) is 0. The summed E-state index contributed by atoms with van der Waals surface area (Å²) in [6.07, 6.45) is -5.22. The van der Waals surface area contributed by atoms with Gasteiger partial charge in [0.1, 0.15) is 24.9 Å². The van der Waals surface area contributed by atoms with Gasteiger partial charge in [-0.3, -0.25) is 4.79 Å². The molecular formula is C6H12O6. The van der Waals surface area contributed by atoms with Gasteiger partial charge in [-0.05, 0) is 0 Å².